The van der Waals surface area contributed by atoms with Crippen LogP contribution in [0.4, 0.5) is 14.6 Å². The number of alkyl halides is 3. The number of anilines is 1. The van der Waals surface area contributed by atoms with Gasteiger partial charge in [0.05, 0.1) is 0 Å². The minimum atomic E-state index is -2.68. The minimum absolute atomic E-state index is 0.249. The number of nitrogen functional groups attached to an aromatic ring is 1. The largest absolute Gasteiger partial charge is 0.504 e. The Morgan fingerprint density at radius 3 is 2.69 bits per heavy atom. The van der Waals surface area contributed by atoms with Crippen molar-refractivity contribution < 1.29 is 13.9 Å². The first kappa shape index (κ1) is 10.2. The summed E-state index contributed by atoms with van der Waals surface area (Å²) < 4.78 is 24.4. The van der Waals surface area contributed by atoms with Crippen LogP contribution in [0, 0.1) is 0 Å². The molecule has 0 bridgehead atoms. The Balaban J connectivity index is 3.22. The second kappa shape index (κ2) is 3.87. The number of aromatic nitrogens is 1. The van der Waals surface area contributed by atoms with Crippen molar-refractivity contribution >= 4 is 21.7 Å². The third-order valence-corrected chi connectivity index (χ3v) is 2.09. The van der Waals surface area contributed by atoms with E-state index >= 15 is 0 Å². The van der Waals surface area contributed by atoms with E-state index in [4.69, 9.17) is 5.73 Å². The fraction of sp³-hybridized carbons (Fsp3) is 0.286. The highest BCUT2D eigenvalue weighted by Crippen LogP contribution is 2.29. The van der Waals surface area contributed by atoms with Crippen LogP contribution in [0.1, 0.15) is 17.7 Å². The first-order chi connectivity index (χ1) is 6.06. The Bertz CT molecular complexity index is 320. The van der Waals surface area contributed by atoms with E-state index in [2.05, 4.69) is 20.9 Å². The van der Waals surface area contributed by atoms with Gasteiger partial charge in [-0.25, -0.2) is 13.8 Å². The van der Waals surface area contributed by atoms with Gasteiger partial charge in [-0.3, -0.25) is 0 Å². The van der Waals surface area contributed by atoms with Gasteiger partial charge in [0.1, 0.15) is 5.69 Å². The number of aromatic hydroxyl groups is 1. The smallest absolute Gasteiger partial charge is 0.280 e. The number of rotatable bonds is 2. The van der Waals surface area contributed by atoms with Crippen molar-refractivity contribution in [1.82, 2.24) is 4.98 Å². The van der Waals surface area contributed by atoms with Gasteiger partial charge >= 0.3 is 0 Å². The molecule has 1 rings (SSSR count). The molecule has 1 heterocycles. The molecular weight excluding hydrogens is 246 g/mol. The predicted molar refractivity (Wildman–Crippen MR) is 47.9 cm³/mol. The lowest BCUT2D eigenvalue weighted by Gasteiger charge is -2.06. The third-order valence-electron chi connectivity index (χ3n) is 1.49. The molecule has 3 N–H and O–H groups in total. The molecule has 0 aliphatic carbocycles. The summed E-state index contributed by atoms with van der Waals surface area (Å²) in [7, 11) is 0. The van der Waals surface area contributed by atoms with Crippen LogP contribution in [0.5, 0.6) is 5.75 Å². The van der Waals surface area contributed by atoms with Crippen molar-refractivity contribution in [3.05, 3.63) is 17.3 Å². The second-order valence-corrected chi connectivity index (χ2v) is 2.94. The van der Waals surface area contributed by atoms with E-state index in [1.54, 1.807) is 0 Å². The Labute approximate surface area is 81.7 Å². The molecule has 0 spiro atoms. The Hall–Kier alpha value is -0.910. The lowest BCUT2D eigenvalue weighted by Crippen LogP contribution is -1.99. The van der Waals surface area contributed by atoms with Gasteiger partial charge in [0, 0.05) is 10.9 Å². The fourth-order valence-electron chi connectivity index (χ4n) is 0.849. The van der Waals surface area contributed by atoms with Crippen LogP contribution >= 0.6 is 15.9 Å². The van der Waals surface area contributed by atoms with Gasteiger partial charge in [0.15, 0.2) is 11.6 Å². The van der Waals surface area contributed by atoms with Gasteiger partial charge < -0.3 is 10.8 Å². The van der Waals surface area contributed by atoms with Crippen LogP contribution in [0.2, 0.25) is 0 Å². The van der Waals surface area contributed by atoms with E-state index in [9.17, 15) is 13.9 Å². The summed E-state index contributed by atoms with van der Waals surface area (Å²) >= 11 is 3.04. The normalized spacial score (nSPS) is 10.8. The van der Waals surface area contributed by atoms with Gasteiger partial charge in [-0.05, 0) is 6.07 Å². The molecular formula is C7H7BrF2N2O. The monoisotopic (exact) mass is 252 g/mol. The van der Waals surface area contributed by atoms with Gasteiger partial charge in [-0.2, -0.15) is 0 Å². The molecule has 0 aromatic carbocycles. The lowest BCUT2D eigenvalue weighted by molar-refractivity contribution is 0.146. The fourth-order valence-corrected chi connectivity index (χ4v) is 1.28. The highest BCUT2D eigenvalue weighted by Gasteiger charge is 2.14. The number of pyridine rings is 1. The van der Waals surface area contributed by atoms with Crippen LogP contribution in [0.3, 0.4) is 0 Å². The average Bonchev–Trinajstić information content (AvgIpc) is 2.09. The molecule has 0 aliphatic heterocycles. The van der Waals surface area contributed by atoms with E-state index in [0.29, 0.717) is 5.56 Å². The highest BCUT2D eigenvalue weighted by atomic mass is 79.9. The maximum atomic E-state index is 12.2. The van der Waals surface area contributed by atoms with Gasteiger partial charge in [-0.1, -0.05) is 15.9 Å². The molecule has 0 amide bonds. The molecule has 0 saturated heterocycles. The van der Waals surface area contributed by atoms with Crippen LogP contribution in [-0.4, -0.2) is 10.1 Å². The SMILES string of the molecule is Nc1nc(C(F)F)cc(CBr)c1O. The molecule has 0 unspecified atom stereocenters. The molecule has 1 aromatic heterocycles. The van der Waals surface area contributed by atoms with Crippen molar-refractivity contribution in [1.29, 1.82) is 0 Å². The molecule has 1 aromatic rings. The van der Waals surface area contributed by atoms with Crippen molar-refractivity contribution in [3.8, 4) is 5.75 Å². The third kappa shape index (κ3) is 2.06. The van der Waals surface area contributed by atoms with Gasteiger partial charge in [-0.15, -0.1) is 0 Å². The van der Waals surface area contributed by atoms with Gasteiger partial charge in [0.25, 0.3) is 6.43 Å². The van der Waals surface area contributed by atoms with Crippen LogP contribution in [0.25, 0.3) is 0 Å². The zero-order chi connectivity index (χ0) is 10.0. The minimum Gasteiger partial charge on any atom is -0.504 e. The summed E-state index contributed by atoms with van der Waals surface area (Å²) in [4.78, 5) is 3.34. The molecule has 0 radical (unpaired) electrons. The Kier molecular flexibility index (Phi) is 3.02. The van der Waals surface area contributed by atoms with Crippen LogP contribution < -0.4 is 5.73 Å². The second-order valence-electron chi connectivity index (χ2n) is 2.37. The van der Waals surface area contributed by atoms with Gasteiger partial charge in [0.2, 0.25) is 0 Å². The molecule has 6 heteroatoms. The first-order valence-corrected chi connectivity index (χ1v) is 4.50. The molecule has 13 heavy (non-hydrogen) atoms. The van der Waals surface area contributed by atoms with Crippen molar-refractivity contribution in [2.45, 2.75) is 11.8 Å². The Morgan fingerprint density at radius 1 is 1.62 bits per heavy atom. The molecule has 0 saturated carbocycles. The zero-order valence-corrected chi connectivity index (χ0v) is 8.05. The summed E-state index contributed by atoms with van der Waals surface area (Å²) in [6.07, 6.45) is -2.68. The van der Waals surface area contributed by atoms with E-state index in [-0.39, 0.29) is 16.9 Å². The summed E-state index contributed by atoms with van der Waals surface area (Å²) in [6, 6.07) is 1.12. The molecule has 0 aliphatic rings. The number of hydrogen-bond donors (Lipinski definition) is 2. The standard InChI is InChI=1S/C7H7BrF2N2O/c8-2-3-1-4(6(9)10)12-7(11)5(3)13/h1,6,13H,2H2,(H2,11,12). The zero-order valence-electron chi connectivity index (χ0n) is 6.47. The van der Waals surface area contributed by atoms with E-state index < -0.39 is 12.1 Å². The van der Waals surface area contributed by atoms with Crippen molar-refractivity contribution in [3.63, 3.8) is 0 Å². The summed E-state index contributed by atoms with van der Waals surface area (Å²) in [6.45, 7) is 0. The van der Waals surface area contributed by atoms with E-state index in [0.717, 1.165) is 6.07 Å². The summed E-state index contributed by atoms with van der Waals surface area (Å²) in [5, 5.41) is 9.50. The topological polar surface area (TPSA) is 59.1 Å². The summed E-state index contributed by atoms with van der Waals surface area (Å²) in [5.41, 5.74) is 5.10. The molecule has 0 fully saturated rings. The highest BCUT2D eigenvalue weighted by molar-refractivity contribution is 9.08. The number of nitrogens with two attached hydrogens (primary N) is 1. The molecule has 3 nitrogen and oxygen atoms in total. The maximum absolute atomic E-state index is 12.2. The van der Waals surface area contributed by atoms with Crippen molar-refractivity contribution in [2.75, 3.05) is 5.73 Å². The van der Waals surface area contributed by atoms with Crippen molar-refractivity contribution in [2.24, 2.45) is 0 Å². The summed E-state index contributed by atoms with van der Waals surface area (Å²) in [5.74, 6) is -0.520. The number of hydrogen-bond acceptors (Lipinski definition) is 3. The van der Waals surface area contributed by atoms with E-state index in [1.807, 2.05) is 0 Å². The average molecular weight is 253 g/mol. The number of nitrogens with zero attached hydrogens (tertiary/aromatic N) is 1. The van der Waals surface area contributed by atoms with Crippen LogP contribution in [0.15, 0.2) is 6.07 Å². The molecule has 0 atom stereocenters. The predicted octanol–water partition coefficient (Wildman–Crippen LogP) is 2.20. The van der Waals surface area contributed by atoms with E-state index in [1.165, 1.54) is 0 Å². The lowest BCUT2D eigenvalue weighted by atomic mass is 10.2. The maximum Gasteiger partial charge on any atom is 0.280 e. The van der Waals surface area contributed by atoms with Crippen LogP contribution in [-0.2, 0) is 5.33 Å². The number of halogens is 3. The molecule has 72 valence electrons. The quantitative estimate of drug-likeness (QED) is 0.794. The Morgan fingerprint density at radius 2 is 2.23 bits per heavy atom. The first-order valence-electron chi connectivity index (χ1n) is 3.38.